The lowest BCUT2D eigenvalue weighted by Gasteiger charge is -2.12. The van der Waals surface area contributed by atoms with Crippen LogP contribution in [0.15, 0.2) is 52.1 Å². The monoisotopic (exact) mass is 317 g/mol. The molecule has 0 amide bonds. The zero-order chi connectivity index (χ0) is 16.3. The minimum Gasteiger partial charge on any atom is -0.497 e. The highest BCUT2D eigenvalue weighted by atomic mass is 16.5. The summed E-state index contributed by atoms with van der Waals surface area (Å²) >= 11 is 0. The Morgan fingerprint density at radius 3 is 2.48 bits per heavy atom. The van der Waals surface area contributed by atoms with Crippen LogP contribution >= 0.6 is 0 Å². The van der Waals surface area contributed by atoms with Gasteiger partial charge >= 0.3 is 0 Å². The van der Waals surface area contributed by atoms with Crippen molar-refractivity contribution in [3.05, 3.63) is 48.4 Å². The van der Waals surface area contributed by atoms with Crippen LogP contribution in [0.2, 0.25) is 0 Å². The van der Waals surface area contributed by atoms with Crippen molar-refractivity contribution < 1.29 is 13.9 Å². The number of hydrogen-bond donors (Lipinski definition) is 2. The van der Waals surface area contributed by atoms with E-state index in [1.54, 1.807) is 20.4 Å². The lowest BCUT2D eigenvalue weighted by molar-refractivity contribution is 0.321. The van der Waals surface area contributed by atoms with Gasteiger partial charge in [-0.1, -0.05) is 0 Å². The molecule has 1 aromatic carbocycles. The number of nitrogens with zero attached hydrogens (tertiary/aromatic N) is 1. The fourth-order valence-electron chi connectivity index (χ4n) is 1.99. The van der Waals surface area contributed by atoms with E-state index in [0.717, 1.165) is 36.2 Å². The van der Waals surface area contributed by atoms with Gasteiger partial charge in [0.05, 0.1) is 19.9 Å². The molecule has 0 saturated carbocycles. The van der Waals surface area contributed by atoms with Gasteiger partial charge in [0.1, 0.15) is 23.9 Å². The number of nitrogens with one attached hydrogen (secondary N) is 2. The second kappa shape index (κ2) is 9.40. The molecule has 0 spiro atoms. The highest BCUT2D eigenvalue weighted by Crippen LogP contribution is 2.16. The van der Waals surface area contributed by atoms with Crippen LogP contribution in [-0.2, 0) is 6.42 Å². The maximum Gasteiger partial charge on any atom is 0.191 e. The fraction of sp³-hybridized carbons (Fsp3) is 0.353. The molecule has 1 aromatic heterocycles. The summed E-state index contributed by atoms with van der Waals surface area (Å²) in [5.74, 6) is 3.33. The third-order valence-corrected chi connectivity index (χ3v) is 3.19. The standard InChI is InChI=1S/C17H23N3O3/c1-18-17(19-10-9-15-4-3-12-22-15)20-11-13-23-16-7-5-14(21-2)6-8-16/h3-8,12H,9-11,13H2,1-2H3,(H2,18,19,20). The summed E-state index contributed by atoms with van der Waals surface area (Å²) < 4.78 is 16.0. The number of methoxy groups -OCH3 is 1. The van der Waals surface area contributed by atoms with Gasteiger partial charge in [-0.2, -0.15) is 0 Å². The van der Waals surface area contributed by atoms with Crippen LogP contribution < -0.4 is 20.1 Å². The molecule has 1 heterocycles. The molecule has 0 aliphatic heterocycles. The minimum absolute atomic E-state index is 0.547. The van der Waals surface area contributed by atoms with Crippen molar-refractivity contribution in [2.75, 3.05) is 33.9 Å². The molecule has 124 valence electrons. The molecule has 0 aliphatic carbocycles. The molecular formula is C17H23N3O3. The molecule has 2 N–H and O–H groups in total. The van der Waals surface area contributed by atoms with E-state index in [9.17, 15) is 0 Å². The zero-order valence-electron chi connectivity index (χ0n) is 13.5. The Morgan fingerprint density at radius 2 is 1.83 bits per heavy atom. The second-order valence-electron chi connectivity index (χ2n) is 4.78. The first kappa shape index (κ1) is 16.7. The molecule has 0 atom stereocenters. The van der Waals surface area contributed by atoms with Crippen LogP contribution in [0.25, 0.3) is 0 Å². The van der Waals surface area contributed by atoms with Crippen molar-refractivity contribution in [3.8, 4) is 11.5 Å². The Morgan fingerprint density at radius 1 is 1.09 bits per heavy atom. The summed E-state index contributed by atoms with van der Waals surface area (Å²) in [6, 6.07) is 11.4. The van der Waals surface area contributed by atoms with Crippen LogP contribution in [0.1, 0.15) is 5.76 Å². The maximum atomic E-state index is 5.65. The average molecular weight is 317 g/mol. The predicted octanol–water partition coefficient (Wildman–Crippen LogP) is 2.07. The molecule has 0 fully saturated rings. The minimum atomic E-state index is 0.547. The van der Waals surface area contributed by atoms with Crippen molar-refractivity contribution in [3.63, 3.8) is 0 Å². The van der Waals surface area contributed by atoms with Crippen LogP contribution in [0, 0.1) is 0 Å². The Balaban J connectivity index is 1.61. The molecule has 0 bridgehead atoms. The first-order valence-corrected chi connectivity index (χ1v) is 7.55. The molecule has 0 aliphatic rings. The molecule has 0 unspecified atom stereocenters. The molecule has 6 heteroatoms. The highest BCUT2D eigenvalue weighted by Gasteiger charge is 2.00. The summed E-state index contributed by atoms with van der Waals surface area (Å²) in [5.41, 5.74) is 0. The molecule has 0 saturated heterocycles. The number of hydrogen-bond acceptors (Lipinski definition) is 4. The van der Waals surface area contributed by atoms with Gasteiger partial charge in [-0.3, -0.25) is 4.99 Å². The van der Waals surface area contributed by atoms with Crippen LogP contribution in [0.4, 0.5) is 0 Å². The first-order valence-electron chi connectivity index (χ1n) is 7.55. The number of ether oxygens (including phenoxy) is 2. The van der Waals surface area contributed by atoms with E-state index in [1.165, 1.54) is 0 Å². The highest BCUT2D eigenvalue weighted by molar-refractivity contribution is 5.79. The zero-order valence-corrected chi connectivity index (χ0v) is 13.5. The summed E-state index contributed by atoms with van der Waals surface area (Å²) in [5, 5.41) is 6.43. The number of rotatable bonds is 8. The smallest absolute Gasteiger partial charge is 0.191 e. The Labute approximate surface area is 136 Å². The van der Waals surface area contributed by atoms with Crippen LogP contribution in [0.3, 0.4) is 0 Å². The van der Waals surface area contributed by atoms with Gasteiger partial charge < -0.3 is 24.5 Å². The molecule has 2 rings (SSSR count). The van der Waals surface area contributed by atoms with Gasteiger partial charge in [-0.15, -0.1) is 0 Å². The van der Waals surface area contributed by atoms with Crippen molar-refractivity contribution in [1.29, 1.82) is 0 Å². The summed E-state index contributed by atoms with van der Waals surface area (Å²) in [7, 11) is 3.39. The topological polar surface area (TPSA) is 68.0 Å². The normalized spacial score (nSPS) is 11.1. The number of benzene rings is 1. The van der Waals surface area contributed by atoms with E-state index in [2.05, 4.69) is 15.6 Å². The second-order valence-corrected chi connectivity index (χ2v) is 4.78. The Hall–Kier alpha value is -2.63. The SMILES string of the molecule is CN=C(NCCOc1ccc(OC)cc1)NCCc1ccco1. The maximum absolute atomic E-state index is 5.65. The number of furan rings is 1. The van der Waals surface area contributed by atoms with Crippen molar-refractivity contribution >= 4 is 5.96 Å². The molecule has 0 radical (unpaired) electrons. The molecule has 2 aromatic rings. The van der Waals surface area contributed by atoms with Crippen LogP contribution in [-0.4, -0.2) is 39.8 Å². The average Bonchev–Trinajstić information content (AvgIpc) is 3.11. The third kappa shape index (κ3) is 5.94. The largest absolute Gasteiger partial charge is 0.497 e. The van der Waals surface area contributed by atoms with Crippen molar-refractivity contribution in [1.82, 2.24) is 10.6 Å². The predicted molar refractivity (Wildman–Crippen MR) is 90.3 cm³/mol. The van der Waals surface area contributed by atoms with Gasteiger partial charge in [0.25, 0.3) is 0 Å². The van der Waals surface area contributed by atoms with E-state index in [1.807, 2.05) is 36.4 Å². The van der Waals surface area contributed by atoms with Crippen molar-refractivity contribution in [2.24, 2.45) is 4.99 Å². The summed E-state index contributed by atoms with van der Waals surface area (Å²) in [4.78, 5) is 4.17. The van der Waals surface area contributed by atoms with Gasteiger partial charge in [0.2, 0.25) is 0 Å². The fourth-order valence-corrected chi connectivity index (χ4v) is 1.99. The van der Waals surface area contributed by atoms with Gasteiger partial charge in [0, 0.05) is 20.0 Å². The van der Waals surface area contributed by atoms with Gasteiger partial charge in [-0.25, -0.2) is 0 Å². The Bertz CT molecular complexity index is 580. The first-order chi connectivity index (χ1) is 11.3. The molecule has 6 nitrogen and oxygen atoms in total. The van der Waals surface area contributed by atoms with E-state index >= 15 is 0 Å². The van der Waals surface area contributed by atoms with E-state index in [-0.39, 0.29) is 0 Å². The summed E-state index contributed by atoms with van der Waals surface area (Å²) in [6.45, 7) is 1.96. The van der Waals surface area contributed by atoms with E-state index < -0.39 is 0 Å². The molecule has 23 heavy (non-hydrogen) atoms. The number of aliphatic imine (C=N–C) groups is 1. The lowest BCUT2D eigenvalue weighted by Crippen LogP contribution is -2.40. The third-order valence-electron chi connectivity index (χ3n) is 3.19. The Kier molecular flexibility index (Phi) is 6.84. The van der Waals surface area contributed by atoms with Gasteiger partial charge in [0.15, 0.2) is 5.96 Å². The van der Waals surface area contributed by atoms with Crippen LogP contribution in [0.5, 0.6) is 11.5 Å². The van der Waals surface area contributed by atoms with Gasteiger partial charge in [-0.05, 0) is 36.4 Å². The lowest BCUT2D eigenvalue weighted by atomic mass is 10.3. The molecular weight excluding hydrogens is 294 g/mol. The van der Waals surface area contributed by atoms with Crippen molar-refractivity contribution in [2.45, 2.75) is 6.42 Å². The van der Waals surface area contributed by atoms with E-state index in [0.29, 0.717) is 13.2 Å². The number of guanidine groups is 1. The van der Waals surface area contributed by atoms with E-state index in [4.69, 9.17) is 13.9 Å². The quantitative estimate of drug-likeness (QED) is 0.443. The summed E-state index contributed by atoms with van der Waals surface area (Å²) in [6.07, 6.45) is 2.50.